The molecule has 0 atom stereocenters. The number of nitrogens with zero attached hydrogens (tertiary/aromatic N) is 4. The quantitative estimate of drug-likeness (QED) is 0.616. The Morgan fingerprint density at radius 2 is 1.86 bits per heavy atom. The number of fused-ring (bicyclic) bond motifs is 1. The molecule has 0 spiro atoms. The third-order valence-electron chi connectivity index (χ3n) is 5.24. The molecule has 146 valence electrons. The first-order valence-corrected chi connectivity index (χ1v) is 10.0. The summed E-state index contributed by atoms with van der Waals surface area (Å²) < 4.78 is 7.49. The lowest BCUT2D eigenvalue weighted by molar-refractivity contribution is 0.205. The van der Waals surface area contributed by atoms with Crippen LogP contribution in [0.15, 0.2) is 47.4 Å². The molecule has 0 N–H and O–H groups in total. The lowest BCUT2D eigenvalue weighted by Crippen LogP contribution is -2.31. The zero-order valence-corrected chi connectivity index (χ0v) is 16.3. The van der Waals surface area contributed by atoms with Crippen LogP contribution in [0, 0.1) is 6.92 Å². The maximum Gasteiger partial charge on any atom is 0.267 e. The maximum atomic E-state index is 12.8. The summed E-state index contributed by atoms with van der Waals surface area (Å²) in [5, 5.41) is 0.520. The van der Waals surface area contributed by atoms with Crippen molar-refractivity contribution in [1.82, 2.24) is 19.4 Å². The van der Waals surface area contributed by atoms with Gasteiger partial charge in [-0.1, -0.05) is 6.42 Å². The molecule has 0 unspecified atom stereocenters. The van der Waals surface area contributed by atoms with Crippen LogP contribution in [-0.4, -0.2) is 45.7 Å². The van der Waals surface area contributed by atoms with Gasteiger partial charge in [-0.25, -0.2) is 9.97 Å². The summed E-state index contributed by atoms with van der Waals surface area (Å²) in [6.07, 6.45) is 6.69. The second kappa shape index (κ2) is 8.52. The molecule has 6 nitrogen and oxygen atoms in total. The third-order valence-corrected chi connectivity index (χ3v) is 5.24. The monoisotopic (exact) mass is 378 g/mol. The summed E-state index contributed by atoms with van der Waals surface area (Å²) in [4.78, 5) is 24.0. The largest absolute Gasteiger partial charge is 0.494 e. The minimum atomic E-state index is -0.106. The average Bonchev–Trinajstić information content (AvgIpc) is 2.73. The van der Waals surface area contributed by atoms with Crippen molar-refractivity contribution in [3.05, 3.63) is 58.8 Å². The van der Waals surface area contributed by atoms with Crippen LogP contribution < -0.4 is 10.3 Å². The molecule has 1 aromatic carbocycles. The molecule has 3 aromatic rings. The smallest absolute Gasteiger partial charge is 0.267 e. The molecule has 3 heterocycles. The highest BCUT2D eigenvalue weighted by Crippen LogP contribution is 2.17. The molecule has 2 aromatic heterocycles. The Balaban J connectivity index is 1.42. The Morgan fingerprint density at radius 1 is 1.07 bits per heavy atom. The molecule has 28 heavy (non-hydrogen) atoms. The summed E-state index contributed by atoms with van der Waals surface area (Å²) >= 11 is 0. The van der Waals surface area contributed by atoms with E-state index in [2.05, 4.69) is 14.9 Å². The van der Waals surface area contributed by atoms with Gasteiger partial charge in [-0.3, -0.25) is 9.36 Å². The van der Waals surface area contributed by atoms with Crippen LogP contribution in [0.3, 0.4) is 0 Å². The van der Waals surface area contributed by atoms with Gasteiger partial charge in [-0.2, -0.15) is 0 Å². The maximum absolute atomic E-state index is 12.8. The van der Waals surface area contributed by atoms with Crippen molar-refractivity contribution in [2.75, 3.05) is 26.2 Å². The van der Waals surface area contributed by atoms with E-state index in [0.717, 1.165) is 24.4 Å². The molecular weight excluding hydrogens is 352 g/mol. The molecule has 1 fully saturated rings. The highest BCUT2D eigenvalue weighted by Gasteiger charge is 2.11. The van der Waals surface area contributed by atoms with E-state index >= 15 is 0 Å². The minimum absolute atomic E-state index is 0.106. The van der Waals surface area contributed by atoms with Crippen molar-refractivity contribution in [1.29, 1.82) is 0 Å². The first kappa shape index (κ1) is 18.6. The highest BCUT2D eigenvalue weighted by atomic mass is 16.5. The van der Waals surface area contributed by atoms with Crippen LogP contribution in [0.1, 0.15) is 31.5 Å². The molecule has 0 radical (unpaired) electrons. The van der Waals surface area contributed by atoms with Gasteiger partial charge in [0.15, 0.2) is 5.65 Å². The normalized spacial score (nSPS) is 15.0. The highest BCUT2D eigenvalue weighted by molar-refractivity contribution is 5.73. The van der Waals surface area contributed by atoms with Gasteiger partial charge >= 0.3 is 0 Å². The number of aryl methyl sites for hydroxylation is 1. The van der Waals surface area contributed by atoms with Crippen LogP contribution in [0.5, 0.6) is 5.75 Å². The predicted molar refractivity (Wildman–Crippen MR) is 110 cm³/mol. The van der Waals surface area contributed by atoms with E-state index < -0.39 is 0 Å². The van der Waals surface area contributed by atoms with Gasteiger partial charge in [-0.05, 0) is 75.7 Å². The average molecular weight is 378 g/mol. The predicted octanol–water partition coefficient (Wildman–Crippen LogP) is 3.34. The number of piperidine rings is 1. The van der Waals surface area contributed by atoms with Crippen LogP contribution in [0.2, 0.25) is 0 Å². The second-order valence-corrected chi connectivity index (χ2v) is 7.27. The molecule has 0 amide bonds. The number of aromatic nitrogens is 3. The Bertz CT molecular complexity index is 992. The fraction of sp³-hybridized carbons (Fsp3) is 0.409. The summed E-state index contributed by atoms with van der Waals surface area (Å²) in [7, 11) is 0. The number of likely N-dealkylation sites (tertiary alicyclic amines) is 1. The van der Waals surface area contributed by atoms with E-state index in [9.17, 15) is 4.79 Å². The summed E-state index contributed by atoms with van der Waals surface area (Å²) in [5.74, 6) is 1.44. The molecule has 4 rings (SSSR count). The van der Waals surface area contributed by atoms with Crippen molar-refractivity contribution in [3.8, 4) is 11.4 Å². The van der Waals surface area contributed by atoms with Crippen molar-refractivity contribution >= 4 is 11.0 Å². The number of rotatable bonds is 6. The molecule has 0 bridgehead atoms. The van der Waals surface area contributed by atoms with Crippen LogP contribution in [0.25, 0.3) is 16.7 Å². The topological polar surface area (TPSA) is 60.3 Å². The number of benzene rings is 1. The van der Waals surface area contributed by atoms with Gasteiger partial charge in [0.2, 0.25) is 0 Å². The van der Waals surface area contributed by atoms with Gasteiger partial charge in [0.05, 0.1) is 17.7 Å². The molecule has 1 aliphatic rings. The Labute approximate surface area is 164 Å². The van der Waals surface area contributed by atoms with Crippen molar-refractivity contribution in [2.24, 2.45) is 0 Å². The SMILES string of the molecule is Cc1nc2ncccc2c(=O)n1-c1ccc(OCCCN2CCCCC2)cc1. The summed E-state index contributed by atoms with van der Waals surface area (Å²) in [6, 6.07) is 11.1. The second-order valence-electron chi connectivity index (χ2n) is 7.27. The van der Waals surface area contributed by atoms with Gasteiger partial charge in [0, 0.05) is 12.7 Å². The molecule has 1 saturated heterocycles. The molecular formula is C22H26N4O2. The van der Waals surface area contributed by atoms with Crippen molar-refractivity contribution < 1.29 is 4.74 Å². The summed E-state index contributed by atoms with van der Waals surface area (Å²) in [6.45, 7) is 6.07. The first-order valence-electron chi connectivity index (χ1n) is 10.0. The lowest BCUT2D eigenvalue weighted by Gasteiger charge is -2.26. The molecule has 0 aliphatic carbocycles. The van der Waals surface area contributed by atoms with E-state index in [1.807, 2.05) is 31.2 Å². The molecule has 0 saturated carbocycles. The fourth-order valence-corrected chi connectivity index (χ4v) is 3.78. The van der Waals surface area contributed by atoms with Gasteiger partial charge < -0.3 is 9.64 Å². The number of ether oxygens (including phenoxy) is 1. The van der Waals surface area contributed by atoms with Crippen LogP contribution >= 0.6 is 0 Å². The third kappa shape index (κ3) is 4.07. The number of pyridine rings is 1. The van der Waals surface area contributed by atoms with Crippen LogP contribution in [0.4, 0.5) is 0 Å². The van der Waals surface area contributed by atoms with E-state index in [1.165, 1.54) is 32.4 Å². The van der Waals surface area contributed by atoms with Gasteiger partial charge in [-0.15, -0.1) is 0 Å². The lowest BCUT2D eigenvalue weighted by atomic mass is 10.1. The van der Waals surface area contributed by atoms with Crippen molar-refractivity contribution in [2.45, 2.75) is 32.6 Å². The zero-order chi connectivity index (χ0) is 19.3. The van der Waals surface area contributed by atoms with Crippen molar-refractivity contribution in [3.63, 3.8) is 0 Å². The standard InChI is InChI=1S/C22H26N4O2/c1-17-24-21-20(7-5-12-23-21)22(27)26(17)18-8-10-19(11-9-18)28-16-6-15-25-13-3-2-4-14-25/h5,7-12H,2-4,6,13-16H2,1H3. The zero-order valence-electron chi connectivity index (χ0n) is 16.3. The van der Waals surface area contributed by atoms with E-state index in [1.54, 1.807) is 22.9 Å². The minimum Gasteiger partial charge on any atom is -0.494 e. The Hall–Kier alpha value is -2.73. The van der Waals surface area contributed by atoms with Gasteiger partial charge in [0.1, 0.15) is 11.6 Å². The number of hydrogen-bond donors (Lipinski definition) is 0. The number of hydrogen-bond acceptors (Lipinski definition) is 5. The molecule has 6 heteroatoms. The Morgan fingerprint density at radius 3 is 2.64 bits per heavy atom. The fourth-order valence-electron chi connectivity index (χ4n) is 3.78. The van der Waals surface area contributed by atoms with E-state index in [4.69, 9.17) is 4.74 Å². The van der Waals surface area contributed by atoms with Gasteiger partial charge in [0.25, 0.3) is 5.56 Å². The summed E-state index contributed by atoms with van der Waals surface area (Å²) in [5.41, 5.74) is 1.15. The Kier molecular flexibility index (Phi) is 5.67. The first-order chi connectivity index (χ1) is 13.7. The van der Waals surface area contributed by atoms with E-state index in [0.29, 0.717) is 23.5 Å². The van der Waals surface area contributed by atoms with E-state index in [-0.39, 0.29) is 5.56 Å². The molecule has 1 aliphatic heterocycles. The van der Waals surface area contributed by atoms with Crippen LogP contribution in [-0.2, 0) is 0 Å².